The normalized spacial score (nSPS) is 21.3. The quantitative estimate of drug-likeness (QED) is 0.177. The third kappa shape index (κ3) is 50.5. The van der Waals surface area contributed by atoms with Gasteiger partial charge in [-0.1, -0.05) is 363 Å². The zero-order chi connectivity index (χ0) is 104. The van der Waals surface area contributed by atoms with Gasteiger partial charge in [0.2, 0.25) is 10.0 Å². The van der Waals surface area contributed by atoms with Gasteiger partial charge >= 0.3 is 0 Å². The third-order valence-electron chi connectivity index (χ3n) is 28.3. The monoisotopic (exact) mass is 1860 g/mol. The Balaban J connectivity index is 0.000000744. The summed E-state index contributed by atoms with van der Waals surface area (Å²) >= 11 is 0. The van der Waals surface area contributed by atoms with E-state index in [1.807, 2.05) is 35.4 Å². The molecule has 1 aliphatic heterocycles. The van der Waals surface area contributed by atoms with Crippen molar-refractivity contribution in [3.05, 3.63) is 100 Å². The number of hydrogen-bond acceptors (Lipinski definition) is 5. The molecule has 4 heterocycles. The van der Waals surface area contributed by atoms with E-state index in [4.69, 9.17) is 0 Å². The van der Waals surface area contributed by atoms with Crippen LogP contribution in [0.5, 0.6) is 0 Å². The smallest absolute Gasteiger partial charge is 0.219 e. The predicted molar refractivity (Wildman–Crippen MR) is 584 cm³/mol. The Labute approximate surface area is 824 Å². The number of nitrogens with zero attached hydrogens (tertiary/aromatic N) is 6. The summed E-state index contributed by atoms with van der Waals surface area (Å²) in [5, 5.41) is 16.1. The van der Waals surface area contributed by atoms with E-state index in [0.29, 0.717) is 94.8 Å². The number of aromatic amines is 1. The van der Waals surface area contributed by atoms with Crippen LogP contribution in [0.3, 0.4) is 0 Å². The van der Waals surface area contributed by atoms with Crippen molar-refractivity contribution < 1.29 is 12.8 Å². The summed E-state index contributed by atoms with van der Waals surface area (Å²) in [6.07, 6.45) is 38.4. The minimum Gasteiger partial charge on any atom is -0.282 e. The molecule has 3 atom stereocenters. The van der Waals surface area contributed by atoms with Gasteiger partial charge in [-0.3, -0.25) is 14.5 Å². The van der Waals surface area contributed by atoms with E-state index < -0.39 is 14.8 Å². The Morgan fingerprint density at radius 1 is 0.424 bits per heavy atom. The summed E-state index contributed by atoms with van der Waals surface area (Å²) in [5.74, 6) is 6.35. The number of allylic oxidation sites excluding steroid dienone is 2. The van der Waals surface area contributed by atoms with Crippen molar-refractivity contribution >= 4 is 10.0 Å². The largest absolute Gasteiger partial charge is 0.282 e. The maximum Gasteiger partial charge on any atom is 0.219 e. The van der Waals surface area contributed by atoms with E-state index in [-0.39, 0.29) is 27.6 Å². The number of sulfonamides is 1. The summed E-state index contributed by atoms with van der Waals surface area (Å²) in [5.41, 5.74) is 15.7. The van der Waals surface area contributed by atoms with E-state index in [1.165, 1.54) is 118 Å². The highest BCUT2D eigenvalue weighted by Crippen LogP contribution is 2.56. The highest BCUT2D eigenvalue weighted by atomic mass is 32.2. The first-order valence-corrected chi connectivity index (χ1v) is 54.3. The van der Waals surface area contributed by atoms with Crippen molar-refractivity contribution in [3.8, 4) is 0 Å². The van der Waals surface area contributed by atoms with Gasteiger partial charge in [0.05, 0.1) is 28.9 Å². The number of halogens is 1. The number of H-pyrrole nitrogens is 1. The van der Waals surface area contributed by atoms with Gasteiger partial charge in [0.15, 0.2) is 0 Å². The Morgan fingerprint density at radius 2 is 0.833 bits per heavy atom. The molecular weight excluding hydrogens is 1630 g/mol. The van der Waals surface area contributed by atoms with Crippen LogP contribution in [0.4, 0.5) is 4.39 Å². The number of benzene rings is 1. The second kappa shape index (κ2) is 47.8. The molecule has 5 aliphatic rings. The molecule has 1 saturated heterocycles. The molecule has 1 N–H and O–H groups in total. The van der Waals surface area contributed by atoms with E-state index in [1.54, 1.807) is 36.7 Å². The molecule has 0 spiro atoms. The second-order valence-corrected chi connectivity index (χ2v) is 65.3. The first-order valence-electron chi connectivity index (χ1n) is 52.8. The lowest BCUT2D eigenvalue weighted by Crippen LogP contribution is -2.46. The van der Waals surface area contributed by atoms with Crippen LogP contribution in [0, 0.1) is 128 Å². The number of nitrogens with one attached hydrogen (secondary N) is 1. The Kier molecular flexibility index (Phi) is 45.8. The predicted octanol–water partition coefficient (Wildman–Crippen LogP) is 37.1. The van der Waals surface area contributed by atoms with E-state index in [0.717, 1.165) is 86.1 Å². The number of aromatic nitrogens is 6. The van der Waals surface area contributed by atoms with Crippen molar-refractivity contribution in [2.24, 2.45) is 123 Å². The fourth-order valence-corrected chi connectivity index (χ4v) is 20.9. The zero-order valence-corrected chi connectivity index (χ0v) is 99.6. The molecule has 11 heteroatoms. The molecule has 9 nitrogen and oxygen atoms in total. The van der Waals surface area contributed by atoms with Gasteiger partial charge in [-0.05, 0) is 332 Å². The van der Waals surface area contributed by atoms with Crippen LogP contribution in [-0.2, 0) is 58.6 Å². The molecule has 772 valence electrons. The molecule has 3 aromatic heterocycles. The van der Waals surface area contributed by atoms with Crippen LogP contribution in [0.15, 0.2) is 60.8 Å². The molecule has 4 fully saturated rings. The van der Waals surface area contributed by atoms with Crippen LogP contribution < -0.4 is 0 Å². The van der Waals surface area contributed by atoms with Gasteiger partial charge in [-0.2, -0.15) is 15.3 Å². The van der Waals surface area contributed by atoms with E-state index >= 15 is 0 Å². The average molecular weight is 1860 g/mol. The van der Waals surface area contributed by atoms with E-state index in [9.17, 15) is 12.8 Å². The van der Waals surface area contributed by atoms with Crippen molar-refractivity contribution in [1.82, 2.24) is 34.1 Å². The molecule has 4 aromatic rings. The summed E-state index contributed by atoms with van der Waals surface area (Å²) in [7, 11) is -3.13. The van der Waals surface area contributed by atoms with Crippen molar-refractivity contribution in [2.45, 2.75) is 537 Å². The van der Waals surface area contributed by atoms with Gasteiger partial charge < -0.3 is 0 Å². The second-order valence-electron chi connectivity index (χ2n) is 62.6. The van der Waals surface area contributed by atoms with Gasteiger partial charge in [0, 0.05) is 43.1 Å². The molecule has 0 radical (unpaired) electrons. The zero-order valence-electron chi connectivity index (χ0n) is 98.8. The van der Waals surface area contributed by atoms with Gasteiger partial charge in [0.1, 0.15) is 5.82 Å². The number of rotatable bonds is 8. The fraction of sp³-hybridized carbons (Fsp3) is 0.860. The highest BCUT2D eigenvalue weighted by Gasteiger charge is 2.47. The lowest BCUT2D eigenvalue weighted by molar-refractivity contribution is 0.0160. The van der Waals surface area contributed by atoms with Gasteiger partial charge in [-0.25, -0.2) is 17.1 Å². The molecule has 3 unspecified atom stereocenters. The standard InChI is InChI=1S/C15H23F.C15H30.C14H29NO2S.C14H28.C14H26.C13H24N2.2C12H22N2.C12H24/c1-14(2,3)10-11-9-12(15(4,5)6)7-8-13(11)16;1-13(2,3)12-8-10-15(7,11-9-12)14(4,5)6;1-13(2,3)11-12-7-9-15(10-8-12)18(16,17)14(4,5)6;2*1-13(2,3)11-7-9-12(10-8-11)14(4,5)6;1-12(2,3)7-11-8-14-15(9-11)10-13(4,5)6;1-11(2,3)7-10-8-13-14(9-10)12(4,5)6;1-11(2,3)7-9-8-13-14-10(9)12(4,5)6;1-11(2,3)8-9-7-10(9)12(4,5)6/h7-9H,10H2,1-6H3;12H,8-11H2,1-7H3;12H,7-11H2,1-6H3;11-12H,7-10H2,1-6H3;7,12H,8-10H2,1-6H3;8-9H,7,10H2,1-6H3;8-9H,7H2,1-6H3;8H,7H2,1-6H3,(H,13,14);9-10H,7-8H2,1-6H3. The Hall–Kier alpha value is -3.57. The summed E-state index contributed by atoms with van der Waals surface area (Å²) < 4.78 is 43.4. The first kappa shape index (κ1) is 126. The molecule has 3 saturated carbocycles. The average Bonchev–Trinajstić information content (AvgIpc) is 1.35. The number of hydrogen-bond donors (Lipinski definition) is 1. The van der Waals surface area contributed by atoms with Crippen molar-refractivity contribution in [3.63, 3.8) is 0 Å². The van der Waals surface area contributed by atoms with Crippen molar-refractivity contribution in [2.75, 3.05) is 13.1 Å². The molecule has 9 rings (SSSR count). The van der Waals surface area contributed by atoms with Crippen molar-refractivity contribution in [1.29, 1.82) is 0 Å². The molecule has 4 aliphatic carbocycles. The Bertz CT molecular complexity index is 4020. The van der Waals surface area contributed by atoms with Crippen LogP contribution in [0.25, 0.3) is 0 Å². The fourth-order valence-electron chi connectivity index (χ4n) is 19.5. The van der Waals surface area contributed by atoms with Gasteiger partial charge in [0.25, 0.3) is 0 Å². The van der Waals surface area contributed by atoms with Crippen LogP contribution in [0.2, 0.25) is 0 Å². The topological polar surface area (TPSA) is 102 Å². The molecule has 1 aromatic carbocycles. The van der Waals surface area contributed by atoms with Crippen LogP contribution in [0.1, 0.15) is 517 Å². The first-order chi connectivity index (χ1) is 58.3. The minimum atomic E-state index is -3.13. The lowest BCUT2D eigenvalue weighted by Gasteiger charge is -2.49. The molecule has 0 amide bonds. The highest BCUT2D eigenvalue weighted by molar-refractivity contribution is 7.90. The minimum absolute atomic E-state index is 0.0806. The Morgan fingerprint density at radius 3 is 1.16 bits per heavy atom. The summed E-state index contributed by atoms with van der Waals surface area (Å²) in [6, 6.07) is 5.50. The lowest BCUT2D eigenvalue weighted by atomic mass is 9.56. The van der Waals surface area contributed by atoms with Crippen LogP contribution in [-0.4, -0.2) is 60.3 Å². The molecule has 132 heavy (non-hydrogen) atoms. The maximum absolute atomic E-state index is 13.7. The third-order valence-corrected chi connectivity index (χ3v) is 30.9. The maximum atomic E-state index is 13.7. The van der Waals surface area contributed by atoms with E-state index in [2.05, 4.69) is 404 Å². The molecular formula is C121H228FN7O2S. The molecule has 0 bridgehead atoms. The SMILES string of the molecule is CC(C)(C)C1=CCC(C(C)(C)C)CC1.CC(C)(C)C1CCC(C(C)(C)C)CC1.CC(C)(C)C1CCC(C)(C(C)(C)C)CC1.CC(C)(C)CC1CC1C(C)(C)C.CC(C)(C)CC1CCN(S(=O)(=O)C(C)(C)C)CC1.CC(C)(C)Cc1cc(C(C)(C)C)ccc1F.CC(C)(C)Cc1cn[nH]c1C(C)(C)C.CC(C)(C)Cc1cnn(C(C)(C)C)c1.CC(C)(C)Cc1cnn(CC(C)(C)C)c1. The van der Waals surface area contributed by atoms with Gasteiger partial charge in [-0.15, -0.1) is 0 Å². The summed E-state index contributed by atoms with van der Waals surface area (Å²) in [4.78, 5) is 0. The summed E-state index contributed by atoms with van der Waals surface area (Å²) in [6.45, 7) is 127. The van der Waals surface area contributed by atoms with Crippen LogP contribution >= 0.6 is 0 Å². The number of piperidine rings is 1.